The lowest BCUT2D eigenvalue weighted by Gasteiger charge is -2.11. The van der Waals surface area contributed by atoms with Crippen molar-refractivity contribution in [1.82, 2.24) is 0 Å². The molecule has 0 saturated carbocycles. The Morgan fingerprint density at radius 1 is 1.09 bits per heavy atom. The van der Waals surface area contributed by atoms with Crippen molar-refractivity contribution in [3.05, 3.63) is 58.6 Å². The maximum absolute atomic E-state index is 12.2. The van der Waals surface area contributed by atoms with Gasteiger partial charge in [0, 0.05) is 28.4 Å². The Hall–Kier alpha value is -2.33. The molecule has 5 heteroatoms. The van der Waals surface area contributed by atoms with Crippen molar-refractivity contribution >= 4 is 34.8 Å². The minimum Gasteiger partial charge on any atom is -0.326 e. The van der Waals surface area contributed by atoms with Crippen LogP contribution in [0.15, 0.2) is 42.5 Å². The fourth-order valence-electron chi connectivity index (χ4n) is 1.91. The average Bonchev–Trinajstić information content (AvgIpc) is 2.50. The number of anilines is 2. The number of aryl methyl sites for hydroxylation is 1. The van der Waals surface area contributed by atoms with Crippen LogP contribution in [-0.2, 0) is 4.79 Å². The van der Waals surface area contributed by atoms with Crippen LogP contribution in [0.3, 0.4) is 0 Å². The van der Waals surface area contributed by atoms with E-state index in [1.54, 1.807) is 43.3 Å². The van der Waals surface area contributed by atoms with Gasteiger partial charge in [-0.15, -0.1) is 0 Å². The van der Waals surface area contributed by atoms with Gasteiger partial charge in [-0.3, -0.25) is 9.59 Å². The van der Waals surface area contributed by atoms with Crippen LogP contribution < -0.4 is 10.6 Å². The van der Waals surface area contributed by atoms with Crippen molar-refractivity contribution in [2.45, 2.75) is 20.3 Å². The van der Waals surface area contributed by atoms with Crippen LogP contribution >= 0.6 is 11.6 Å². The highest BCUT2D eigenvalue weighted by molar-refractivity contribution is 6.31. The SMILES string of the molecule is CCC(=O)Nc1cc(NC(=O)c2cccc(Cl)c2)ccc1C. The van der Waals surface area contributed by atoms with Gasteiger partial charge >= 0.3 is 0 Å². The number of hydrogen-bond donors (Lipinski definition) is 2. The van der Waals surface area contributed by atoms with Crippen molar-refractivity contribution < 1.29 is 9.59 Å². The van der Waals surface area contributed by atoms with E-state index >= 15 is 0 Å². The molecule has 0 aliphatic rings. The van der Waals surface area contributed by atoms with E-state index in [0.717, 1.165) is 5.56 Å². The third-order valence-electron chi connectivity index (χ3n) is 3.18. The number of halogens is 1. The van der Waals surface area contributed by atoms with E-state index in [9.17, 15) is 9.59 Å². The molecule has 2 rings (SSSR count). The summed E-state index contributed by atoms with van der Waals surface area (Å²) < 4.78 is 0. The highest BCUT2D eigenvalue weighted by Gasteiger charge is 2.09. The Labute approximate surface area is 134 Å². The van der Waals surface area contributed by atoms with Gasteiger partial charge in [-0.25, -0.2) is 0 Å². The van der Waals surface area contributed by atoms with Crippen LogP contribution in [0.4, 0.5) is 11.4 Å². The van der Waals surface area contributed by atoms with E-state index in [2.05, 4.69) is 10.6 Å². The van der Waals surface area contributed by atoms with E-state index in [-0.39, 0.29) is 11.8 Å². The second-order valence-corrected chi connectivity index (χ2v) is 5.33. The zero-order valence-corrected chi connectivity index (χ0v) is 13.2. The maximum Gasteiger partial charge on any atom is 0.255 e. The molecular weight excluding hydrogens is 300 g/mol. The smallest absolute Gasteiger partial charge is 0.255 e. The molecule has 2 aromatic rings. The molecular formula is C17H17ClN2O2. The number of carbonyl (C=O) groups excluding carboxylic acids is 2. The topological polar surface area (TPSA) is 58.2 Å². The molecule has 2 amide bonds. The first-order valence-electron chi connectivity index (χ1n) is 6.97. The summed E-state index contributed by atoms with van der Waals surface area (Å²) in [7, 11) is 0. The summed E-state index contributed by atoms with van der Waals surface area (Å²) in [5, 5.41) is 6.11. The van der Waals surface area contributed by atoms with Gasteiger partial charge in [0.2, 0.25) is 5.91 Å². The molecule has 2 aromatic carbocycles. The second kappa shape index (κ2) is 7.09. The molecule has 4 nitrogen and oxygen atoms in total. The minimum absolute atomic E-state index is 0.0681. The number of carbonyl (C=O) groups is 2. The van der Waals surface area contributed by atoms with Crippen molar-refractivity contribution in [2.24, 2.45) is 0 Å². The number of amides is 2. The number of rotatable bonds is 4. The zero-order valence-electron chi connectivity index (χ0n) is 12.4. The molecule has 0 atom stereocenters. The Morgan fingerprint density at radius 2 is 1.86 bits per heavy atom. The Bertz CT molecular complexity index is 714. The number of hydrogen-bond acceptors (Lipinski definition) is 2. The largest absolute Gasteiger partial charge is 0.326 e. The summed E-state index contributed by atoms with van der Waals surface area (Å²) in [4.78, 5) is 23.7. The Kier molecular flexibility index (Phi) is 5.17. The average molecular weight is 317 g/mol. The summed E-state index contributed by atoms with van der Waals surface area (Å²) in [6.45, 7) is 3.68. The second-order valence-electron chi connectivity index (χ2n) is 4.90. The van der Waals surface area contributed by atoms with Crippen LogP contribution in [0.1, 0.15) is 29.3 Å². The summed E-state index contributed by atoms with van der Waals surface area (Å²) in [6.07, 6.45) is 0.401. The van der Waals surface area contributed by atoms with E-state index < -0.39 is 0 Å². The van der Waals surface area contributed by atoms with Gasteiger partial charge < -0.3 is 10.6 Å². The normalized spacial score (nSPS) is 10.1. The van der Waals surface area contributed by atoms with Gasteiger partial charge in [0.1, 0.15) is 0 Å². The maximum atomic E-state index is 12.2. The third-order valence-corrected chi connectivity index (χ3v) is 3.41. The Balaban J connectivity index is 2.17. The van der Waals surface area contributed by atoms with Gasteiger partial charge in [-0.2, -0.15) is 0 Å². The lowest BCUT2D eigenvalue weighted by atomic mass is 10.1. The molecule has 22 heavy (non-hydrogen) atoms. The third kappa shape index (κ3) is 4.09. The quantitative estimate of drug-likeness (QED) is 0.886. The van der Waals surface area contributed by atoms with Gasteiger partial charge in [0.15, 0.2) is 0 Å². The molecule has 0 radical (unpaired) electrons. The van der Waals surface area contributed by atoms with Crippen LogP contribution in [0.2, 0.25) is 5.02 Å². The van der Waals surface area contributed by atoms with Gasteiger partial charge in [0.25, 0.3) is 5.91 Å². The van der Waals surface area contributed by atoms with Crippen molar-refractivity contribution in [1.29, 1.82) is 0 Å². The standard InChI is InChI=1S/C17H17ClN2O2/c1-3-16(21)20-15-10-14(8-7-11(15)2)19-17(22)12-5-4-6-13(18)9-12/h4-10H,3H2,1-2H3,(H,19,22)(H,20,21). The van der Waals surface area contributed by atoms with Crippen LogP contribution in [0.25, 0.3) is 0 Å². The summed E-state index contributed by atoms with van der Waals surface area (Å²) in [5.74, 6) is -0.319. The highest BCUT2D eigenvalue weighted by atomic mass is 35.5. The first kappa shape index (κ1) is 16.0. The summed E-state index contributed by atoms with van der Waals surface area (Å²) in [6, 6.07) is 12.1. The van der Waals surface area contributed by atoms with Gasteiger partial charge in [0.05, 0.1) is 0 Å². The van der Waals surface area contributed by atoms with Gasteiger partial charge in [-0.05, 0) is 42.8 Å². The highest BCUT2D eigenvalue weighted by Crippen LogP contribution is 2.21. The molecule has 2 N–H and O–H groups in total. The molecule has 0 aliphatic carbocycles. The molecule has 0 unspecified atom stereocenters. The zero-order chi connectivity index (χ0) is 16.1. The van der Waals surface area contributed by atoms with Crippen molar-refractivity contribution in [3.8, 4) is 0 Å². The number of benzene rings is 2. The molecule has 0 fully saturated rings. The fourth-order valence-corrected chi connectivity index (χ4v) is 2.10. The van der Waals surface area contributed by atoms with Gasteiger partial charge in [-0.1, -0.05) is 30.7 Å². The minimum atomic E-state index is -0.251. The molecule has 114 valence electrons. The molecule has 0 saturated heterocycles. The predicted octanol–water partition coefficient (Wildman–Crippen LogP) is 4.25. The van der Waals surface area contributed by atoms with Crippen LogP contribution in [0, 0.1) is 6.92 Å². The predicted molar refractivity (Wildman–Crippen MR) is 89.5 cm³/mol. The molecule has 0 spiro atoms. The first-order valence-corrected chi connectivity index (χ1v) is 7.35. The van der Waals surface area contributed by atoms with Crippen molar-refractivity contribution in [2.75, 3.05) is 10.6 Å². The monoisotopic (exact) mass is 316 g/mol. The molecule has 0 aromatic heterocycles. The summed E-state index contributed by atoms with van der Waals surface area (Å²) >= 11 is 5.88. The van der Waals surface area contributed by atoms with E-state index in [4.69, 9.17) is 11.6 Å². The first-order chi connectivity index (χ1) is 10.5. The lowest BCUT2D eigenvalue weighted by Crippen LogP contribution is -2.14. The van der Waals surface area contributed by atoms with E-state index in [1.807, 2.05) is 13.0 Å². The lowest BCUT2D eigenvalue weighted by molar-refractivity contribution is -0.115. The van der Waals surface area contributed by atoms with Crippen LogP contribution in [0.5, 0.6) is 0 Å². The number of nitrogens with one attached hydrogen (secondary N) is 2. The molecule has 0 bridgehead atoms. The Morgan fingerprint density at radius 3 is 2.55 bits per heavy atom. The van der Waals surface area contributed by atoms with E-state index in [0.29, 0.717) is 28.4 Å². The fraction of sp³-hybridized carbons (Fsp3) is 0.176. The van der Waals surface area contributed by atoms with Crippen molar-refractivity contribution in [3.63, 3.8) is 0 Å². The summed E-state index contributed by atoms with van der Waals surface area (Å²) in [5.41, 5.74) is 2.72. The van der Waals surface area contributed by atoms with E-state index in [1.165, 1.54) is 0 Å². The van der Waals surface area contributed by atoms with Crippen LogP contribution in [-0.4, -0.2) is 11.8 Å². The molecule has 0 aliphatic heterocycles. The molecule has 0 heterocycles.